The van der Waals surface area contributed by atoms with Gasteiger partial charge in [-0.3, -0.25) is 9.36 Å². The van der Waals surface area contributed by atoms with Gasteiger partial charge in [-0.25, -0.2) is 9.48 Å². The fourth-order valence-electron chi connectivity index (χ4n) is 1.38. The Bertz CT molecular complexity index is 705. The van der Waals surface area contributed by atoms with Crippen molar-refractivity contribution >= 4 is 11.8 Å². The maximum atomic E-state index is 11.8. The maximum absolute atomic E-state index is 11.8. The van der Waals surface area contributed by atoms with E-state index in [1.54, 1.807) is 18.2 Å². The van der Waals surface area contributed by atoms with Gasteiger partial charge in [0.05, 0.1) is 4.90 Å². The van der Waals surface area contributed by atoms with Gasteiger partial charge in [-0.05, 0) is 12.1 Å². The first-order valence-corrected chi connectivity index (χ1v) is 5.92. The lowest BCUT2D eigenvalue weighted by Gasteiger charge is -2.06. The summed E-state index contributed by atoms with van der Waals surface area (Å²) in [6.45, 7) is 0. The van der Waals surface area contributed by atoms with E-state index in [2.05, 4.69) is 5.10 Å². The maximum Gasteiger partial charge on any atom is 0.346 e. The van der Waals surface area contributed by atoms with Crippen LogP contribution in [0.5, 0.6) is 5.75 Å². The topological polar surface area (TPSA) is 77.1 Å². The second-order valence-electron chi connectivity index (χ2n) is 3.65. The van der Waals surface area contributed by atoms with Gasteiger partial charge < -0.3 is 5.11 Å². The molecule has 0 radical (unpaired) electrons. The van der Waals surface area contributed by atoms with Gasteiger partial charge in [0.25, 0.3) is 5.56 Å². The highest BCUT2D eigenvalue weighted by atomic mass is 32.2. The zero-order valence-corrected chi connectivity index (χ0v) is 10.6. The smallest absolute Gasteiger partial charge is 0.346 e. The fourth-order valence-corrected chi connectivity index (χ4v) is 2.30. The van der Waals surface area contributed by atoms with Crippen LogP contribution < -0.4 is 11.2 Å². The van der Waals surface area contributed by atoms with E-state index in [9.17, 15) is 14.7 Å². The van der Waals surface area contributed by atoms with Crippen molar-refractivity contribution in [2.75, 3.05) is 0 Å². The van der Waals surface area contributed by atoms with Gasteiger partial charge in [-0.2, -0.15) is 5.10 Å². The zero-order chi connectivity index (χ0) is 13.3. The van der Waals surface area contributed by atoms with Crippen LogP contribution in [0, 0.1) is 0 Å². The highest BCUT2D eigenvalue weighted by Gasteiger charge is 2.11. The van der Waals surface area contributed by atoms with Crippen molar-refractivity contribution in [3.05, 3.63) is 45.1 Å². The number of aryl methyl sites for hydroxylation is 1. The summed E-state index contributed by atoms with van der Waals surface area (Å²) in [5.41, 5.74) is -0.965. The Morgan fingerprint density at radius 3 is 2.56 bits per heavy atom. The molecular weight excluding hydrogens is 254 g/mol. The molecule has 1 heterocycles. The van der Waals surface area contributed by atoms with Gasteiger partial charge in [0.2, 0.25) is 0 Å². The predicted octanol–water partition coefficient (Wildman–Crippen LogP) is 0.336. The number of aromatic hydroxyl groups is 1. The molecule has 0 amide bonds. The van der Waals surface area contributed by atoms with Gasteiger partial charge in [0.15, 0.2) is 5.03 Å². The number of aromatic nitrogens is 3. The molecule has 0 atom stereocenters. The molecule has 0 aliphatic carbocycles. The predicted molar refractivity (Wildman–Crippen MR) is 66.9 cm³/mol. The molecule has 0 unspecified atom stereocenters. The summed E-state index contributed by atoms with van der Waals surface area (Å²) in [5, 5.41) is 13.7. The number of rotatable bonds is 2. The van der Waals surface area contributed by atoms with Crippen molar-refractivity contribution in [2.45, 2.75) is 9.92 Å². The van der Waals surface area contributed by atoms with Crippen LogP contribution in [0.3, 0.4) is 0 Å². The van der Waals surface area contributed by atoms with Crippen LogP contribution in [0.1, 0.15) is 0 Å². The van der Waals surface area contributed by atoms with Crippen LogP contribution in [0.4, 0.5) is 0 Å². The Hall–Kier alpha value is -2.02. The third-order valence-corrected chi connectivity index (χ3v) is 3.38. The Morgan fingerprint density at radius 1 is 1.22 bits per heavy atom. The highest BCUT2D eigenvalue weighted by molar-refractivity contribution is 7.99. The molecule has 0 aliphatic rings. The monoisotopic (exact) mass is 265 g/mol. The van der Waals surface area contributed by atoms with Crippen molar-refractivity contribution in [3.63, 3.8) is 0 Å². The number of phenols is 1. The third-order valence-electron chi connectivity index (χ3n) is 2.36. The minimum Gasteiger partial charge on any atom is -0.507 e. The molecule has 6 nitrogen and oxygen atoms in total. The molecule has 7 heteroatoms. The Morgan fingerprint density at radius 2 is 1.89 bits per heavy atom. The van der Waals surface area contributed by atoms with E-state index >= 15 is 0 Å². The lowest BCUT2D eigenvalue weighted by Crippen LogP contribution is -2.39. The van der Waals surface area contributed by atoms with Crippen molar-refractivity contribution < 1.29 is 5.11 Å². The van der Waals surface area contributed by atoms with E-state index in [1.165, 1.54) is 20.2 Å². The molecule has 0 saturated carbocycles. The van der Waals surface area contributed by atoms with Gasteiger partial charge in [0.1, 0.15) is 5.75 Å². The molecule has 0 fully saturated rings. The second kappa shape index (κ2) is 4.69. The van der Waals surface area contributed by atoms with Crippen molar-refractivity contribution in [2.24, 2.45) is 14.1 Å². The van der Waals surface area contributed by atoms with Crippen molar-refractivity contribution in [1.82, 2.24) is 14.3 Å². The number of hydrogen-bond acceptors (Lipinski definition) is 5. The molecule has 1 N–H and O–H groups in total. The molecule has 2 rings (SSSR count). The fraction of sp³-hybridized carbons (Fsp3) is 0.182. The first-order chi connectivity index (χ1) is 8.50. The Kier molecular flexibility index (Phi) is 3.24. The van der Waals surface area contributed by atoms with Crippen LogP contribution in [0.15, 0.2) is 43.8 Å². The molecule has 0 aliphatic heterocycles. The summed E-state index contributed by atoms with van der Waals surface area (Å²) in [6.07, 6.45) is 0. The molecule has 0 bridgehead atoms. The number of para-hydroxylation sites is 1. The van der Waals surface area contributed by atoms with Crippen LogP contribution in [0.25, 0.3) is 0 Å². The summed E-state index contributed by atoms with van der Waals surface area (Å²) in [6, 6.07) is 6.63. The summed E-state index contributed by atoms with van der Waals surface area (Å²) in [7, 11) is 2.86. The number of benzene rings is 1. The van der Waals surface area contributed by atoms with E-state index in [0.29, 0.717) is 4.90 Å². The van der Waals surface area contributed by atoms with Crippen molar-refractivity contribution in [3.8, 4) is 5.75 Å². The van der Waals surface area contributed by atoms with E-state index < -0.39 is 11.2 Å². The van der Waals surface area contributed by atoms with Crippen LogP contribution in [-0.2, 0) is 14.1 Å². The number of hydrogen-bond donors (Lipinski definition) is 1. The first kappa shape index (κ1) is 12.4. The summed E-state index contributed by atoms with van der Waals surface area (Å²) in [5.74, 6) is 0.0696. The van der Waals surface area contributed by atoms with Gasteiger partial charge in [-0.15, -0.1) is 0 Å². The van der Waals surface area contributed by atoms with E-state index in [-0.39, 0.29) is 10.8 Å². The van der Waals surface area contributed by atoms with E-state index in [1.807, 2.05) is 0 Å². The summed E-state index contributed by atoms with van der Waals surface area (Å²) < 4.78 is 2.07. The standard InChI is InChI=1S/C11H11N3O3S/c1-13-10(16)9(12-14(2)11(13)17)18-8-6-4-3-5-7(8)15/h3-6,15H,1-2H3. The largest absolute Gasteiger partial charge is 0.507 e. The third kappa shape index (κ3) is 2.17. The van der Waals surface area contributed by atoms with Gasteiger partial charge in [0, 0.05) is 14.1 Å². The minimum atomic E-state index is -0.485. The van der Waals surface area contributed by atoms with E-state index in [4.69, 9.17) is 0 Å². The second-order valence-corrected chi connectivity index (χ2v) is 4.68. The molecular formula is C11H11N3O3S. The van der Waals surface area contributed by atoms with Crippen LogP contribution >= 0.6 is 11.8 Å². The summed E-state index contributed by atoms with van der Waals surface area (Å²) >= 11 is 1.02. The molecule has 18 heavy (non-hydrogen) atoms. The van der Waals surface area contributed by atoms with Crippen LogP contribution in [-0.4, -0.2) is 19.5 Å². The summed E-state index contributed by atoms with van der Waals surface area (Å²) in [4.78, 5) is 23.8. The molecule has 2 aromatic rings. The average molecular weight is 265 g/mol. The molecule has 1 aromatic carbocycles. The van der Waals surface area contributed by atoms with Crippen molar-refractivity contribution in [1.29, 1.82) is 0 Å². The first-order valence-electron chi connectivity index (χ1n) is 5.11. The highest BCUT2D eigenvalue weighted by Crippen LogP contribution is 2.30. The quantitative estimate of drug-likeness (QED) is 0.847. The molecule has 0 saturated heterocycles. The van der Waals surface area contributed by atoms with E-state index in [0.717, 1.165) is 21.0 Å². The number of nitrogens with zero attached hydrogens (tertiary/aromatic N) is 3. The number of phenolic OH excluding ortho intramolecular Hbond substituents is 1. The molecule has 94 valence electrons. The van der Waals surface area contributed by atoms with Gasteiger partial charge in [-0.1, -0.05) is 23.9 Å². The lowest BCUT2D eigenvalue weighted by molar-refractivity contribution is 0.462. The van der Waals surface area contributed by atoms with Gasteiger partial charge >= 0.3 is 5.69 Å². The minimum absolute atomic E-state index is 0.0696. The zero-order valence-electron chi connectivity index (χ0n) is 9.82. The lowest BCUT2D eigenvalue weighted by atomic mass is 10.3. The van der Waals surface area contributed by atoms with Crippen LogP contribution in [0.2, 0.25) is 0 Å². The molecule has 0 spiro atoms. The Labute approximate surface area is 107 Å². The normalized spacial score (nSPS) is 10.6. The Balaban J connectivity index is 2.52. The molecule has 1 aromatic heterocycles. The SMILES string of the molecule is Cn1nc(Sc2ccccc2O)c(=O)n(C)c1=O. The average Bonchev–Trinajstić information content (AvgIpc) is 2.36.